The van der Waals surface area contributed by atoms with Gasteiger partial charge >= 0.3 is 0 Å². The van der Waals surface area contributed by atoms with Gasteiger partial charge in [0.15, 0.2) is 0 Å². The maximum Gasteiger partial charge on any atom is 0.249 e. The molecule has 2 aromatic rings. The average Bonchev–Trinajstić information content (AvgIpc) is 2.66. The molecule has 0 saturated heterocycles. The fourth-order valence-electron chi connectivity index (χ4n) is 1.19. The lowest BCUT2D eigenvalue weighted by Crippen LogP contribution is -2.04. The van der Waals surface area contributed by atoms with Crippen molar-refractivity contribution in [3.8, 4) is 11.5 Å². The molecule has 0 aliphatic heterocycles. The summed E-state index contributed by atoms with van der Waals surface area (Å²) in [5.74, 6) is 0.133. The highest BCUT2D eigenvalue weighted by Crippen LogP contribution is 2.28. The first-order valence-electron chi connectivity index (χ1n) is 4.62. The van der Waals surface area contributed by atoms with E-state index in [0.29, 0.717) is 11.5 Å². The van der Waals surface area contributed by atoms with Gasteiger partial charge < -0.3 is 10.2 Å². The van der Waals surface area contributed by atoms with Crippen LogP contribution in [0.2, 0.25) is 5.02 Å². The van der Waals surface area contributed by atoms with Crippen molar-refractivity contribution in [2.24, 2.45) is 5.73 Å². The smallest absolute Gasteiger partial charge is 0.249 e. The van der Waals surface area contributed by atoms with Gasteiger partial charge in [-0.15, -0.1) is 10.2 Å². The summed E-state index contributed by atoms with van der Waals surface area (Å²) >= 11 is 5.85. The van der Waals surface area contributed by atoms with Crippen molar-refractivity contribution in [3.05, 3.63) is 34.9 Å². The SMILES string of the molecule is CC(N)c1nnc(-c2ccc(F)cc2Cl)o1. The van der Waals surface area contributed by atoms with Crippen LogP contribution in [0, 0.1) is 5.82 Å². The molecule has 16 heavy (non-hydrogen) atoms. The monoisotopic (exact) mass is 241 g/mol. The molecule has 0 spiro atoms. The van der Waals surface area contributed by atoms with E-state index in [-0.39, 0.29) is 17.0 Å². The van der Waals surface area contributed by atoms with E-state index in [1.807, 2.05) is 0 Å². The molecule has 0 amide bonds. The second-order valence-electron chi connectivity index (χ2n) is 3.36. The Morgan fingerprint density at radius 3 is 2.75 bits per heavy atom. The minimum absolute atomic E-state index is 0.222. The van der Waals surface area contributed by atoms with Gasteiger partial charge in [0.25, 0.3) is 0 Å². The maximum atomic E-state index is 12.8. The summed E-state index contributed by atoms with van der Waals surface area (Å²) in [6, 6.07) is 3.60. The zero-order valence-corrected chi connectivity index (χ0v) is 9.20. The molecule has 0 aliphatic carbocycles. The highest BCUT2D eigenvalue weighted by molar-refractivity contribution is 6.33. The summed E-state index contributed by atoms with van der Waals surface area (Å²) in [6.07, 6.45) is 0. The molecule has 0 bridgehead atoms. The second-order valence-corrected chi connectivity index (χ2v) is 3.77. The first-order chi connectivity index (χ1) is 7.58. The van der Waals surface area contributed by atoms with Crippen LogP contribution in [0.25, 0.3) is 11.5 Å². The molecular formula is C10H9ClFN3O. The first kappa shape index (κ1) is 11.0. The van der Waals surface area contributed by atoms with Gasteiger partial charge in [-0.3, -0.25) is 0 Å². The molecule has 1 aromatic heterocycles. The molecule has 2 N–H and O–H groups in total. The quantitative estimate of drug-likeness (QED) is 0.878. The van der Waals surface area contributed by atoms with Crippen LogP contribution >= 0.6 is 11.6 Å². The summed E-state index contributed by atoms with van der Waals surface area (Å²) in [4.78, 5) is 0. The highest BCUT2D eigenvalue weighted by Gasteiger charge is 2.14. The minimum Gasteiger partial charge on any atom is -0.419 e. The molecule has 6 heteroatoms. The zero-order chi connectivity index (χ0) is 11.7. The van der Waals surface area contributed by atoms with Crippen LogP contribution in [0.15, 0.2) is 22.6 Å². The fourth-order valence-corrected chi connectivity index (χ4v) is 1.44. The van der Waals surface area contributed by atoms with Crippen molar-refractivity contribution < 1.29 is 8.81 Å². The predicted octanol–water partition coefficient (Wildman–Crippen LogP) is 2.55. The summed E-state index contributed by atoms with van der Waals surface area (Å²) in [6.45, 7) is 1.73. The number of nitrogens with two attached hydrogens (primary N) is 1. The van der Waals surface area contributed by atoms with E-state index in [0.717, 1.165) is 0 Å². The molecule has 0 aliphatic rings. The van der Waals surface area contributed by atoms with Crippen molar-refractivity contribution in [1.82, 2.24) is 10.2 Å². The van der Waals surface area contributed by atoms with Gasteiger partial charge in [-0.05, 0) is 25.1 Å². The Balaban J connectivity index is 2.42. The van der Waals surface area contributed by atoms with Crippen LogP contribution in [0.1, 0.15) is 18.9 Å². The molecule has 1 atom stereocenters. The minimum atomic E-state index is -0.416. The van der Waals surface area contributed by atoms with E-state index in [1.165, 1.54) is 18.2 Å². The summed E-state index contributed by atoms with van der Waals surface area (Å²) in [5, 5.41) is 7.78. The van der Waals surface area contributed by atoms with Crippen LogP contribution in [0.5, 0.6) is 0 Å². The topological polar surface area (TPSA) is 64.9 Å². The number of halogens is 2. The van der Waals surface area contributed by atoms with Gasteiger partial charge in [0, 0.05) is 0 Å². The molecule has 0 radical (unpaired) electrons. The Morgan fingerprint density at radius 2 is 2.19 bits per heavy atom. The molecule has 2 rings (SSSR count). The first-order valence-corrected chi connectivity index (χ1v) is 5.00. The summed E-state index contributed by atoms with van der Waals surface area (Å²) in [5.41, 5.74) is 6.07. The Kier molecular flexibility index (Phi) is 2.89. The highest BCUT2D eigenvalue weighted by atomic mass is 35.5. The summed E-state index contributed by atoms with van der Waals surface area (Å²) in [7, 11) is 0. The summed E-state index contributed by atoms with van der Waals surface area (Å²) < 4.78 is 18.1. The Morgan fingerprint density at radius 1 is 1.44 bits per heavy atom. The van der Waals surface area contributed by atoms with Crippen LogP contribution in [-0.2, 0) is 0 Å². The molecule has 4 nitrogen and oxygen atoms in total. The number of aromatic nitrogens is 2. The third kappa shape index (κ3) is 2.05. The van der Waals surface area contributed by atoms with Gasteiger partial charge in [0.2, 0.25) is 11.8 Å². The van der Waals surface area contributed by atoms with Crippen molar-refractivity contribution >= 4 is 11.6 Å². The third-order valence-electron chi connectivity index (χ3n) is 1.99. The Bertz CT molecular complexity index is 513. The van der Waals surface area contributed by atoms with Crippen LogP contribution in [-0.4, -0.2) is 10.2 Å². The number of rotatable bonds is 2. The van der Waals surface area contributed by atoms with Gasteiger partial charge in [-0.2, -0.15) is 0 Å². The van der Waals surface area contributed by atoms with Crippen LogP contribution < -0.4 is 5.73 Å². The standard InChI is InChI=1S/C10H9ClFN3O/c1-5(13)9-14-15-10(16-9)7-3-2-6(12)4-8(7)11/h2-5H,13H2,1H3. The molecule has 1 unspecified atom stereocenters. The number of benzene rings is 1. The van der Waals surface area contributed by atoms with E-state index in [9.17, 15) is 4.39 Å². The van der Waals surface area contributed by atoms with Gasteiger partial charge in [-0.1, -0.05) is 11.6 Å². The fraction of sp³-hybridized carbons (Fsp3) is 0.200. The maximum absolute atomic E-state index is 12.8. The Labute approximate surface area is 96.2 Å². The van der Waals surface area contributed by atoms with Crippen LogP contribution in [0.3, 0.4) is 0 Å². The number of hydrogen-bond acceptors (Lipinski definition) is 4. The second kappa shape index (κ2) is 4.19. The van der Waals surface area contributed by atoms with Crippen molar-refractivity contribution in [2.75, 3.05) is 0 Å². The van der Waals surface area contributed by atoms with Crippen molar-refractivity contribution in [1.29, 1.82) is 0 Å². The number of nitrogens with zero attached hydrogens (tertiary/aromatic N) is 2. The third-order valence-corrected chi connectivity index (χ3v) is 2.30. The van der Waals surface area contributed by atoms with Gasteiger partial charge in [0.05, 0.1) is 16.6 Å². The lowest BCUT2D eigenvalue weighted by atomic mass is 10.2. The normalized spacial score (nSPS) is 12.8. The average molecular weight is 242 g/mol. The lowest BCUT2D eigenvalue weighted by Gasteiger charge is -1.99. The van der Waals surface area contributed by atoms with Gasteiger partial charge in [0.1, 0.15) is 5.82 Å². The molecular weight excluding hydrogens is 233 g/mol. The van der Waals surface area contributed by atoms with Crippen molar-refractivity contribution in [3.63, 3.8) is 0 Å². The molecule has 0 saturated carbocycles. The molecule has 1 heterocycles. The van der Waals surface area contributed by atoms with E-state index in [4.69, 9.17) is 21.8 Å². The lowest BCUT2D eigenvalue weighted by molar-refractivity contribution is 0.473. The Hall–Kier alpha value is -1.46. The van der Waals surface area contributed by atoms with E-state index < -0.39 is 5.82 Å². The molecule has 0 fully saturated rings. The zero-order valence-electron chi connectivity index (χ0n) is 8.45. The molecule has 84 valence electrons. The number of hydrogen-bond donors (Lipinski definition) is 1. The molecule has 1 aromatic carbocycles. The van der Waals surface area contributed by atoms with E-state index in [1.54, 1.807) is 6.92 Å². The van der Waals surface area contributed by atoms with Crippen molar-refractivity contribution in [2.45, 2.75) is 13.0 Å². The van der Waals surface area contributed by atoms with Gasteiger partial charge in [-0.25, -0.2) is 4.39 Å². The largest absolute Gasteiger partial charge is 0.419 e. The van der Waals surface area contributed by atoms with E-state index >= 15 is 0 Å². The van der Waals surface area contributed by atoms with E-state index in [2.05, 4.69) is 10.2 Å². The predicted molar refractivity (Wildman–Crippen MR) is 57.3 cm³/mol. The van der Waals surface area contributed by atoms with Crippen LogP contribution in [0.4, 0.5) is 4.39 Å².